The minimum atomic E-state index is -2.83. The van der Waals surface area contributed by atoms with Crippen LogP contribution < -0.4 is 10.1 Å². The first-order chi connectivity index (χ1) is 13.1. The smallest absolute Gasteiger partial charge is 0.387 e. The molecule has 1 heterocycles. The summed E-state index contributed by atoms with van der Waals surface area (Å²) < 4.78 is 29.5. The Bertz CT molecular complexity index is 959. The van der Waals surface area contributed by atoms with Gasteiger partial charge in [0.25, 0.3) is 0 Å². The SMILES string of the molecule is Oc1cccc(-c2cccc3c2CCC(c2cccc(OC(F)F)c2)N3)c1. The van der Waals surface area contributed by atoms with E-state index in [0.29, 0.717) is 0 Å². The second kappa shape index (κ2) is 7.27. The molecule has 27 heavy (non-hydrogen) atoms. The molecular weight excluding hydrogens is 348 g/mol. The zero-order valence-electron chi connectivity index (χ0n) is 14.5. The average molecular weight is 367 g/mol. The van der Waals surface area contributed by atoms with Gasteiger partial charge in [-0.15, -0.1) is 0 Å². The van der Waals surface area contributed by atoms with Crippen LogP contribution in [0.1, 0.15) is 23.6 Å². The van der Waals surface area contributed by atoms with Crippen molar-refractivity contribution in [2.45, 2.75) is 25.5 Å². The second-order valence-electron chi connectivity index (χ2n) is 6.57. The van der Waals surface area contributed by atoms with Crippen LogP contribution in [0.2, 0.25) is 0 Å². The summed E-state index contributed by atoms with van der Waals surface area (Å²) in [6, 6.07) is 20.1. The van der Waals surface area contributed by atoms with Gasteiger partial charge in [-0.05, 0) is 65.4 Å². The number of nitrogens with one attached hydrogen (secondary N) is 1. The lowest BCUT2D eigenvalue weighted by Gasteiger charge is -2.29. The van der Waals surface area contributed by atoms with Crippen LogP contribution in [-0.4, -0.2) is 11.7 Å². The molecule has 0 saturated heterocycles. The summed E-state index contributed by atoms with van der Waals surface area (Å²) in [5.74, 6) is 0.409. The topological polar surface area (TPSA) is 41.5 Å². The molecule has 3 nitrogen and oxygen atoms in total. The molecule has 0 aliphatic carbocycles. The van der Waals surface area contributed by atoms with Gasteiger partial charge >= 0.3 is 6.61 Å². The van der Waals surface area contributed by atoms with Crippen molar-refractivity contribution in [2.24, 2.45) is 0 Å². The number of anilines is 1. The van der Waals surface area contributed by atoms with Crippen molar-refractivity contribution in [3.8, 4) is 22.6 Å². The molecule has 3 aromatic rings. The number of alkyl halides is 2. The Kier molecular flexibility index (Phi) is 4.67. The maximum Gasteiger partial charge on any atom is 0.387 e. The molecule has 1 atom stereocenters. The van der Waals surface area contributed by atoms with Gasteiger partial charge in [-0.1, -0.05) is 36.4 Å². The Hall–Kier alpha value is -3.08. The van der Waals surface area contributed by atoms with Crippen LogP contribution >= 0.6 is 0 Å². The van der Waals surface area contributed by atoms with E-state index in [1.54, 1.807) is 24.3 Å². The molecule has 0 saturated carbocycles. The van der Waals surface area contributed by atoms with Crippen LogP contribution in [-0.2, 0) is 6.42 Å². The molecule has 138 valence electrons. The van der Waals surface area contributed by atoms with E-state index in [2.05, 4.69) is 10.1 Å². The number of benzene rings is 3. The molecule has 2 N–H and O–H groups in total. The highest BCUT2D eigenvalue weighted by Gasteiger charge is 2.22. The fourth-order valence-corrected chi connectivity index (χ4v) is 3.64. The van der Waals surface area contributed by atoms with E-state index in [9.17, 15) is 13.9 Å². The summed E-state index contributed by atoms with van der Waals surface area (Å²) >= 11 is 0. The first-order valence-corrected chi connectivity index (χ1v) is 8.83. The van der Waals surface area contributed by atoms with Gasteiger partial charge in [0.2, 0.25) is 0 Å². The summed E-state index contributed by atoms with van der Waals surface area (Å²) in [6.45, 7) is -2.83. The minimum absolute atomic E-state index is 0.0261. The van der Waals surface area contributed by atoms with Gasteiger partial charge in [0.05, 0.1) is 6.04 Å². The summed E-state index contributed by atoms with van der Waals surface area (Å²) in [4.78, 5) is 0. The van der Waals surface area contributed by atoms with E-state index in [1.807, 2.05) is 36.4 Å². The quantitative estimate of drug-likeness (QED) is 0.616. The Morgan fingerprint density at radius 3 is 2.63 bits per heavy atom. The van der Waals surface area contributed by atoms with Gasteiger partial charge in [0, 0.05) is 5.69 Å². The van der Waals surface area contributed by atoms with E-state index in [0.717, 1.165) is 35.2 Å². The monoisotopic (exact) mass is 367 g/mol. The van der Waals surface area contributed by atoms with Crippen molar-refractivity contribution >= 4 is 5.69 Å². The van der Waals surface area contributed by atoms with Gasteiger partial charge in [0.1, 0.15) is 11.5 Å². The number of aromatic hydroxyl groups is 1. The summed E-state index contributed by atoms with van der Waals surface area (Å²) in [5, 5.41) is 13.3. The lowest BCUT2D eigenvalue weighted by Crippen LogP contribution is -2.18. The van der Waals surface area contributed by atoms with Crippen LogP contribution in [0.5, 0.6) is 11.5 Å². The highest BCUT2D eigenvalue weighted by Crippen LogP contribution is 2.39. The van der Waals surface area contributed by atoms with E-state index in [1.165, 1.54) is 11.6 Å². The molecule has 0 bridgehead atoms. The predicted octanol–water partition coefficient (Wildman–Crippen LogP) is 5.76. The van der Waals surface area contributed by atoms with E-state index in [-0.39, 0.29) is 17.5 Å². The maximum atomic E-state index is 12.5. The summed E-state index contributed by atoms with van der Waals surface area (Å²) in [7, 11) is 0. The average Bonchev–Trinajstić information content (AvgIpc) is 2.67. The van der Waals surface area contributed by atoms with Crippen LogP contribution in [0.15, 0.2) is 66.7 Å². The van der Waals surface area contributed by atoms with Gasteiger partial charge in [0.15, 0.2) is 0 Å². The Morgan fingerprint density at radius 2 is 1.81 bits per heavy atom. The predicted molar refractivity (Wildman–Crippen MR) is 101 cm³/mol. The fraction of sp³-hybridized carbons (Fsp3) is 0.182. The van der Waals surface area contributed by atoms with Crippen molar-refractivity contribution in [1.29, 1.82) is 0 Å². The molecule has 0 spiro atoms. The van der Waals surface area contributed by atoms with Crippen molar-refractivity contribution in [3.63, 3.8) is 0 Å². The van der Waals surface area contributed by atoms with Crippen LogP contribution in [0.4, 0.5) is 14.5 Å². The maximum absolute atomic E-state index is 12.5. The molecule has 0 aromatic heterocycles. The third kappa shape index (κ3) is 3.72. The summed E-state index contributed by atoms with van der Waals surface area (Å²) in [5.41, 5.74) is 5.19. The first-order valence-electron chi connectivity index (χ1n) is 8.83. The number of rotatable bonds is 4. The molecule has 1 unspecified atom stereocenters. The summed E-state index contributed by atoms with van der Waals surface area (Å²) in [6.07, 6.45) is 1.68. The highest BCUT2D eigenvalue weighted by atomic mass is 19.3. The molecule has 0 fully saturated rings. The lowest BCUT2D eigenvalue weighted by molar-refractivity contribution is -0.0498. The lowest BCUT2D eigenvalue weighted by atomic mass is 9.88. The number of fused-ring (bicyclic) bond motifs is 1. The molecule has 1 aliphatic heterocycles. The number of hydrogen-bond acceptors (Lipinski definition) is 3. The third-order valence-corrected chi connectivity index (χ3v) is 4.83. The number of phenols is 1. The van der Waals surface area contributed by atoms with Crippen LogP contribution in [0.3, 0.4) is 0 Å². The van der Waals surface area contributed by atoms with E-state index >= 15 is 0 Å². The van der Waals surface area contributed by atoms with Crippen LogP contribution in [0, 0.1) is 0 Å². The zero-order chi connectivity index (χ0) is 18.8. The first kappa shape index (κ1) is 17.3. The van der Waals surface area contributed by atoms with Gasteiger partial charge in [-0.3, -0.25) is 0 Å². The van der Waals surface area contributed by atoms with Gasteiger partial charge in [-0.25, -0.2) is 0 Å². The number of halogens is 2. The molecule has 3 aromatic carbocycles. The van der Waals surface area contributed by atoms with Crippen molar-refractivity contribution in [1.82, 2.24) is 0 Å². The molecular formula is C22H19F2NO2. The normalized spacial score (nSPS) is 15.9. The molecule has 4 rings (SSSR count). The molecule has 0 radical (unpaired) electrons. The van der Waals surface area contributed by atoms with E-state index < -0.39 is 6.61 Å². The highest BCUT2D eigenvalue weighted by molar-refractivity contribution is 5.75. The fourth-order valence-electron chi connectivity index (χ4n) is 3.64. The largest absolute Gasteiger partial charge is 0.508 e. The zero-order valence-corrected chi connectivity index (χ0v) is 14.5. The Morgan fingerprint density at radius 1 is 1.00 bits per heavy atom. The third-order valence-electron chi connectivity index (χ3n) is 4.83. The van der Waals surface area contributed by atoms with Gasteiger partial charge < -0.3 is 15.2 Å². The van der Waals surface area contributed by atoms with Crippen molar-refractivity contribution in [2.75, 3.05) is 5.32 Å². The second-order valence-corrected chi connectivity index (χ2v) is 6.57. The van der Waals surface area contributed by atoms with Crippen LogP contribution in [0.25, 0.3) is 11.1 Å². The number of phenolic OH excluding ortho intramolecular Hbond substituents is 1. The molecule has 5 heteroatoms. The molecule has 0 amide bonds. The minimum Gasteiger partial charge on any atom is -0.508 e. The van der Waals surface area contributed by atoms with Crippen molar-refractivity contribution in [3.05, 3.63) is 77.9 Å². The van der Waals surface area contributed by atoms with Crippen molar-refractivity contribution < 1.29 is 18.6 Å². The molecule has 1 aliphatic rings. The Balaban J connectivity index is 1.62. The standard InChI is InChI=1S/C22H19F2NO2/c23-22(24)27-17-7-2-5-15(13-17)20-11-10-19-18(8-3-9-21(19)25-20)14-4-1-6-16(26)12-14/h1-9,12-13,20,22,25-26H,10-11H2. The van der Waals surface area contributed by atoms with E-state index in [4.69, 9.17) is 0 Å². The van der Waals surface area contributed by atoms with Gasteiger partial charge in [-0.2, -0.15) is 8.78 Å². The number of ether oxygens (including phenoxy) is 1. The Labute approximate surface area is 156 Å². The number of hydrogen-bond donors (Lipinski definition) is 2.